The summed E-state index contributed by atoms with van der Waals surface area (Å²) in [7, 11) is 3.58. The van der Waals surface area contributed by atoms with Crippen LogP contribution in [0, 0.1) is 0 Å². The zero-order valence-corrected chi connectivity index (χ0v) is 11.2. The van der Waals surface area contributed by atoms with Crippen LogP contribution in [0.25, 0.3) is 0 Å². The average Bonchev–Trinajstić information content (AvgIpc) is 2.70. The molecule has 18 heavy (non-hydrogen) atoms. The number of rotatable bonds is 6. The molecule has 2 N–H and O–H groups in total. The molecule has 102 valence electrons. The maximum Gasteiger partial charge on any atom is 0.0785 e. The first kappa shape index (κ1) is 13.5. The molecule has 0 fully saturated rings. The monoisotopic (exact) mass is 253 g/mol. The van der Waals surface area contributed by atoms with Gasteiger partial charge in [0.15, 0.2) is 0 Å². The molecule has 1 aromatic heterocycles. The number of hydrogen-bond acceptors (Lipinski definition) is 4. The molecule has 1 aromatic rings. The fourth-order valence-corrected chi connectivity index (χ4v) is 2.58. The van der Waals surface area contributed by atoms with E-state index >= 15 is 0 Å². The number of nitrogens with one attached hydrogen (secondary N) is 1. The van der Waals surface area contributed by atoms with Crippen LogP contribution in [0.1, 0.15) is 36.6 Å². The van der Waals surface area contributed by atoms with Gasteiger partial charge < -0.3 is 15.2 Å². The highest BCUT2D eigenvalue weighted by Crippen LogP contribution is 2.28. The van der Waals surface area contributed by atoms with Gasteiger partial charge in [0.2, 0.25) is 0 Å². The van der Waals surface area contributed by atoms with Gasteiger partial charge in [-0.2, -0.15) is 5.10 Å². The molecule has 1 aliphatic carbocycles. The van der Waals surface area contributed by atoms with Crippen LogP contribution >= 0.6 is 0 Å². The third kappa shape index (κ3) is 3.31. The predicted octanol–water partition coefficient (Wildman–Crippen LogP) is 0.784. The van der Waals surface area contributed by atoms with E-state index < -0.39 is 0 Å². The van der Waals surface area contributed by atoms with E-state index in [1.807, 2.05) is 11.7 Å². The molecule has 0 amide bonds. The molecule has 0 aromatic carbocycles. The lowest BCUT2D eigenvalue weighted by molar-refractivity contribution is 0.0588. The van der Waals surface area contributed by atoms with E-state index in [2.05, 4.69) is 16.6 Å². The highest BCUT2D eigenvalue weighted by molar-refractivity contribution is 5.24. The lowest BCUT2D eigenvalue weighted by Crippen LogP contribution is -2.28. The van der Waals surface area contributed by atoms with E-state index in [1.165, 1.54) is 17.7 Å². The molecule has 0 aliphatic heterocycles. The van der Waals surface area contributed by atoms with Gasteiger partial charge in [0, 0.05) is 32.0 Å². The second-order valence-corrected chi connectivity index (χ2v) is 5.00. The van der Waals surface area contributed by atoms with Crippen LogP contribution in [0.3, 0.4) is 0 Å². The number of fused-ring (bicyclic) bond motifs is 1. The van der Waals surface area contributed by atoms with Crippen molar-refractivity contribution in [3.05, 3.63) is 17.5 Å². The minimum absolute atomic E-state index is 0.376. The smallest absolute Gasteiger partial charge is 0.0785 e. The van der Waals surface area contributed by atoms with Crippen molar-refractivity contribution >= 4 is 0 Å². The van der Waals surface area contributed by atoms with E-state index in [0.29, 0.717) is 12.6 Å². The lowest BCUT2D eigenvalue weighted by Gasteiger charge is -2.23. The zero-order valence-electron chi connectivity index (χ0n) is 11.2. The summed E-state index contributed by atoms with van der Waals surface area (Å²) >= 11 is 0. The van der Waals surface area contributed by atoms with Crippen LogP contribution in [0.4, 0.5) is 0 Å². The van der Waals surface area contributed by atoms with E-state index in [1.54, 1.807) is 7.11 Å². The summed E-state index contributed by atoms with van der Waals surface area (Å²) in [6, 6.07) is 0.386. The molecule has 5 heteroatoms. The first-order chi connectivity index (χ1) is 8.70. The molecule has 5 nitrogen and oxygen atoms in total. The molecule has 0 radical (unpaired) electrons. The third-order valence-electron chi connectivity index (χ3n) is 3.45. The molecular weight excluding hydrogens is 230 g/mol. The van der Waals surface area contributed by atoms with Crippen molar-refractivity contribution in [3.63, 3.8) is 0 Å². The lowest BCUT2D eigenvalue weighted by atomic mass is 9.93. The van der Waals surface area contributed by atoms with Crippen molar-refractivity contribution in [1.29, 1.82) is 0 Å². The zero-order chi connectivity index (χ0) is 13.0. The van der Waals surface area contributed by atoms with Crippen LogP contribution in [-0.4, -0.2) is 41.3 Å². The molecule has 2 atom stereocenters. The number of aliphatic hydroxyl groups excluding tert-OH is 1. The Morgan fingerprint density at radius 3 is 3.28 bits per heavy atom. The van der Waals surface area contributed by atoms with Crippen molar-refractivity contribution in [2.75, 3.05) is 20.3 Å². The van der Waals surface area contributed by atoms with E-state index in [0.717, 1.165) is 25.8 Å². The summed E-state index contributed by atoms with van der Waals surface area (Å²) in [6.07, 6.45) is 5.87. The van der Waals surface area contributed by atoms with Gasteiger partial charge in [-0.25, -0.2) is 0 Å². The van der Waals surface area contributed by atoms with Gasteiger partial charge in [-0.15, -0.1) is 0 Å². The Morgan fingerprint density at radius 2 is 2.50 bits per heavy atom. The van der Waals surface area contributed by atoms with Gasteiger partial charge in [-0.1, -0.05) is 0 Å². The highest BCUT2D eigenvalue weighted by atomic mass is 16.5. The van der Waals surface area contributed by atoms with Crippen molar-refractivity contribution in [2.24, 2.45) is 7.05 Å². The molecule has 1 heterocycles. The van der Waals surface area contributed by atoms with Gasteiger partial charge in [0.1, 0.15) is 0 Å². The van der Waals surface area contributed by atoms with Crippen LogP contribution in [0.2, 0.25) is 0 Å². The van der Waals surface area contributed by atoms with E-state index in [4.69, 9.17) is 4.74 Å². The highest BCUT2D eigenvalue weighted by Gasteiger charge is 2.22. The number of aliphatic hydroxyl groups is 1. The SMILES string of the molecule is COCC(O)CCNC1CCCc2nn(C)cc21. The molecule has 0 spiro atoms. The molecule has 2 rings (SSSR count). The number of methoxy groups -OCH3 is 1. The van der Waals surface area contributed by atoms with E-state index in [-0.39, 0.29) is 6.10 Å². The Morgan fingerprint density at radius 1 is 1.67 bits per heavy atom. The average molecular weight is 253 g/mol. The summed E-state index contributed by atoms with van der Waals surface area (Å²) < 4.78 is 6.81. The molecule has 0 saturated carbocycles. The van der Waals surface area contributed by atoms with Crippen LogP contribution in [0.5, 0.6) is 0 Å². The number of aromatic nitrogens is 2. The van der Waals surface area contributed by atoms with Crippen molar-refractivity contribution < 1.29 is 9.84 Å². The van der Waals surface area contributed by atoms with Crippen LogP contribution in [-0.2, 0) is 18.2 Å². The Kier molecular flexibility index (Phi) is 4.74. The second-order valence-electron chi connectivity index (χ2n) is 5.00. The maximum atomic E-state index is 9.60. The standard InChI is InChI=1S/C13H23N3O2/c1-16-8-11-12(4-3-5-13(11)15-16)14-7-6-10(17)9-18-2/h8,10,12,14,17H,3-7,9H2,1-2H3. The van der Waals surface area contributed by atoms with Gasteiger partial charge in [0.05, 0.1) is 18.4 Å². The Bertz CT molecular complexity index is 378. The first-order valence-corrected chi connectivity index (χ1v) is 6.63. The maximum absolute atomic E-state index is 9.60. The second kappa shape index (κ2) is 6.31. The molecule has 0 bridgehead atoms. The molecule has 2 unspecified atom stereocenters. The van der Waals surface area contributed by atoms with Gasteiger partial charge in [-0.05, 0) is 32.2 Å². The Labute approximate surface area is 108 Å². The summed E-state index contributed by atoms with van der Waals surface area (Å²) in [5, 5.41) is 17.6. The number of hydrogen-bond donors (Lipinski definition) is 2. The quantitative estimate of drug-likeness (QED) is 0.787. The fourth-order valence-electron chi connectivity index (χ4n) is 2.58. The first-order valence-electron chi connectivity index (χ1n) is 6.63. The number of ether oxygens (including phenoxy) is 1. The minimum atomic E-state index is -0.376. The van der Waals surface area contributed by atoms with Crippen molar-refractivity contribution in [2.45, 2.75) is 37.8 Å². The Hall–Kier alpha value is -0.910. The third-order valence-corrected chi connectivity index (χ3v) is 3.45. The molecular formula is C13H23N3O2. The predicted molar refractivity (Wildman–Crippen MR) is 69.4 cm³/mol. The fraction of sp³-hybridized carbons (Fsp3) is 0.769. The van der Waals surface area contributed by atoms with Gasteiger partial charge in [0.25, 0.3) is 0 Å². The Balaban J connectivity index is 1.84. The molecule has 0 saturated heterocycles. The summed E-state index contributed by atoms with van der Waals surface area (Å²) in [6.45, 7) is 1.22. The largest absolute Gasteiger partial charge is 0.391 e. The normalized spacial score (nSPS) is 20.7. The summed E-state index contributed by atoms with van der Waals surface area (Å²) in [4.78, 5) is 0. The van der Waals surface area contributed by atoms with Crippen molar-refractivity contribution in [1.82, 2.24) is 15.1 Å². The number of nitrogens with zero attached hydrogens (tertiary/aromatic N) is 2. The minimum Gasteiger partial charge on any atom is -0.391 e. The number of aryl methyl sites for hydroxylation is 2. The van der Waals surface area contributed by atoms with Gasteiger partial charge in [-0.3, -0.25) is 4.68 Å². The molecule has 1 aliphatic rings. The van der Waals surface area contributed by atoms with Crippen LogP contribution < -0.4 is 5.32 Å². The van der Waals surface area contributed by atoms with Crippen LogP contribution in [0.15, 0.2) is 6.20 Å². The van der Waals surface area contributed by atoms with Crippen molar-refractivity contribution in [3.8, 4) is 0 Å². The van der Waals surface area contributed by atoms with Gasteiger partial charge >= 0.3 is 0 Å². The summed E-state index contributed by atoms with van der Waals surface area (Å²) in [5.41, 5.74) is 2.55. The summed E-state index contributed by atoms with van der Waals surface area (Å²) in [5.74, 6) is 0. The topological polar surface area (TPSA) is 59.3 Å². The van der Waals surface area contributed by atoms with E-state index in [9.17, 15) is 5.11 Å².